The fraction of sp³-hybridized carbons (Fsp3) is 0.0435. The molecule has 0 saturated carbocycles. The minimum absolute atomic E-state index is 0.0143. The van der Waals surface area contributed by atoms with Gasteiger partial charge in [-0.1, -0.05) is 42.5 Å². The highest BCUT2D eigenvalue weighted by Crippen LogP contribution is 2.35. The number of amides is 2. The highest BCUT2D eigenvalue weighted by molar-refractivity contribution is 6.46. The van der Waals surface area contributed by atoms with Crippen LogP contribution in [-0.2, 0) is 9.59 Å². The molecule has 1 heterocycles. The third-order valence-electron chi connectivity index (χ3n) is 4.67. The number of benzene rings is 3. The Balaban J connectivity index is 1.84. The molecule has 0 saturated heterocycles. The van der Waals surface area contributed by atoms with E-state index in [0.717, 1.165) is 17.0 Å². The lowest BCUT2D eigenvalue weighted by molar-refractivity contribution is -0.120. The van der Waals surface area contributed by atoms with Gasteiger partial charge in [-0.2, -0.15) is 0 Å². The van der Waals surface area contributed by atoms with Crippen LogP contribution in [0.1, 0.15) is 5.56 Å². The van der Waals surface area contributed by atoms with Crippen LogP contribution in [0.15, 0.2) is 78.5 Å². The predicted octanol–water partition coefficient (Wildman–Crippen LogP) is 4.37. The zero-order valence-electron chi connectivity index (χ0n) is 15.9. The van der Waals surface area contributed by atoms with E-state index in [1.807, 2.05) is 0 Å². The maximum absolute atomic E-state index is 13.8. The number of nitrogens with one attached hydrogen (secondary N) is 1. The van der Waals surface area contributed by atoms with E-state index >= 15 is 0 Å². The van der Waals surface area contributed by atoms with Gasteiger partial charge in [-0.15, -0.1) is 0 Å². The smallest absolute Gasteiger partial charge is 0.282 e. The Morgan fingerprint density at radius 3 is 2.23 bits per heavy atom. The van der Waals surface area contributed by atoms with Crippen LogP contribution in [0, 0.1) is 11.6 Å². The van der Waals surface area contributed by atoms with Gasteiger partial charge in [-0.05, 0) is 29.8 Å². The fourth-order valence-electron chi connectivity index (χ4n) is 3.26. The number of rotatable bonds is 5. The molecule has 0 radical (unpaired) electrons. The van der Waals surface area contributed by atoms with E-state index in [2.05, 4.69) is 5.32 Å². The number of carbonyl (C=O) groups is 2. The van der Waals surface area contributed by atoms with Crippen molar-refractivity contribution in [2.24, 2.45) is 0 Å². The SMILES string of the molecule is COc1ccccc1NC1=C(c2ccccc2)C(=O)N(c2ccc(F)c(F)c2)C1=O. The summed E-state index contributed by atoms with van der Waals surface area (Å²) in [5, 5.41) is 2.99. The Kier molecular flexibility index (Phi) is 5.02. The molecule has 0 fully saturated rings. The molecule has 0 aliphatic carbocycles. The van der Waals surface area contributed by atoms with E-state index in [-0.39, 0.29) is 17.0 Å². The Morgan fingerprint density at radius 2 is 1.53 bits per heavy atom. The Morgan fingerprint density at radius 1 is 0.833 bits per heavy atom. The van der Waals surface area contributed by atoms with E-state index in [4.69, 9.17) is 4.74 Å². The van der Waals surface area contributed by atoms with E-state index in [1.165, 1.54) is 13.2 Å². The molecule has 150 valence electrons. The summed E-state index contributed by atoms with van der Waals surface area (Å²) in [4.78, 5) is 27.3. The van der Waals surface area contributed by atoms with Crippen molar-refractivity contribution in [2.45, 2.75) is 0 Å². The lowest BCUT2D eigenvalue weighted by atomic mass is 10.0. The molecule has 5 nitrogen and oxygen atoms in total. The Hall–Kier alpha value is -4.00. The fourth-order valence-corrected chi connectivity index (χ4v) is 3.26. The van der Waals surface area contributed by atoms with Gasteiger partial charge in [0.15, 0.2) is 11.6 Å². The molecule has 1 aliphatic rings. The lowest BCUT2D eigenvalue weighted by Gasteiger charge is -2.16. The standard InChI is InChI=1S/C23H16F2N2O3/c1-30-19-10-6-5-9-18(19)26-21-20(14-7-3-2-4-8-14)22(28)27(23(21)29)15-11-12-16(24)17(25)13-15/h2-13,26H,1H3. The summed E-state index contributed by atoms with van der Waals surface area (Å²) in [6.07, 6.45) is 0. The molecule has 0 bridgehead atoms. The molecule has 1 aliphatic heterocycles. The maximum atomic E-state index is 13.8. The number of para-hydroxylation sites is 2. The van der Waals surface area contributed by atoms with Crippen molar-refractivity contribution >= 4 is 28.8 Å². The Labute approximate surface area is 171 Å². The number of carbonyl (C=O) groups excluding carboxylic acids is 2. The summed E-state index contributed by atoms with van der Waals surface area (Å²) in [5.74, 6) is -3.07. The summed E-state index contributed by atoms with van der Waals surface area (Å²) in [5.41, 5.74) is 1.07. The van der Waals surface area contributed by atoms with Crippen molar-refractivity contribution in [3.8, 4) is 5.75 Å². The van der Waals surface area contributed by atoms with E-state index in [0.29, 0.717) is 17.0 Å². The number of methoxy groups -OCH3 is 1. The summed E-state index contributed by atoms with van der Waals surface area (Å²) in [6, 6.07) is 18.5. The number of halogens is 2. The van der Waals surface area contributed by atoms with Crippen LogP contribution in [0.3, 0.4) is 0 Å². The molecule has 3 aromatic carbocycles. The van der Waals surface area contributed by atoms with Crippen LogP contribution >= 0.6 is 0 Å². The third kappa shape index (κ3) is 3.30. The zero-order chi connectivity index (χ0) is 21.3. The Bertz CT molecular complexity index is 1180. The van der Waals surface area contributed by atoms with Crippen molar-refractivity contribution < 1.29 is 23.1 Å². The van der Waals surface area contributed by atoms with Gasteiger partial charge >= 0.3 is 0 Å². The molecule has 0 aromatic heterocycles. The number of imide groups is 1. The topological polar surface area (TPSA) is 58.6 Å². The van der Waals surface area contributed by atoms with Gasteiger partial charge < -0.3 is 10.1 Å². The van der Waals surface area contributed by atoms with Crippen molar-refractivity contribution in [1.82, 2.24) is 0 Å². The summed E-state index contributed by atoms with van der Waals surface area (Å²) in [7, 11) is 1.49. The molecule has 1 N–H and O–H groups in total. The quantitative estimate of drug-likeness (QED) is 0.640. The monoisotopic (exact) mass is 406 g/mol. The molecule has 7 heteroatoms. The van der Waals surface area contributed by atoms with Crippen molar-refractivity contribution in [1.29, 1.82) is 0 Å². The van der Waals surface area contributed by atoms with Gasteiger partial charge in [0.1, 0.15) is 11.4 Å². The molecule has 2 amide bonds. The first-order chi connectivity index (χ1) is 14.5. The third-order valence-corrected chi connectivity index (χ3v) is 4.67. The van der Waals surface area contributed by atoms with Gasteiger partial charge in [-0.25, -0.2) is 13.7 Å². The first-order valence-corrected chi connectivity index (χ1v) is 9.05. The van der Waals surface area contributed by atoms with Crippen molar-refractivity contribution in [3.05, 3.63) is 95.7 Å². The molecule has 30 heavy (non-hydrogen) atoms. The number of hydrogen-bond donors (Lipinski definition) is 1. The highest BCUT2D eigenvalue weighted by atomic mass is 19.2. The summed E-state index contributed by atoms with van der Waals surface area (Å²) in [6.45, 7) is 0. The first kappa shape index (κ1) is 19.3. The molecular weight excluding hydrogens is 390 g/mol. The summed E-state index contributed by atoms with van der Waals surface area (Å²) < 4.78 is 32.5. The summed E-state index contributed by atoms with van der Waals surface area (Å²) >= 11 is 0. The molecule has 0 atom stereocenters. The number of nitrogens with zero attached hydrogens (tertiary/aromatic N) is 1. The van der Waals surface area contributed by atoms with Crippen molar-refractivity contribution in [3.63, 3.8) is 0 Å². The molecule has 0 spiro atoms. The highest BCUT2D eigenvalue weighted by Gasteiger charge is 2.40. The second-order valence-corrected chi connectivity index (χ2v) is 6.49. The minimum atomic E-state index is -1.15. The van der Waals surface area contributed by atoms with Gasteiger partial charge in [0, 0.05) is 6.07 Å². The van der Waals surface area contributed by atoms with Crippen LogP contribution in [0.5, 0.6) is 5.75 Å². The van der Waals surface area contributed by atoms with Gasteiger partial charge in [0.2, 0.25) is 0 Å². The minimum Gasteiger partial charge on any atom is -0.495 e. The van der Waals surface area contributed by atoms with E-state index < -0.39 is 23.4 Å². The number of hydrogen-bond acceptors (Lipinski definition) is 4. The van der Waals surface area contributed by atoms with E-state index in [9.17, 15) is 18.4 Å². The largest absolute Gasteiger partial charge is 0.495 e. The second kappa shape index (κ2) is 7.79. The maximum Gasteiger partial charge on any atom is 0.282 e. The molecule has 4 rings (SSSR count). The average molecular weight is 406 g/mol. The second-order valence-electron chi connectivity index (χ2n) is 6.49. The van der Waals surface area contributed by atoms with E-state index in [1.54, 1.807) is 54.6 Å². The lowest BCUT2D eigenvalue weighted by Crippen LogP contribution is -2.32. The predicted molar refractivity (Wildman–Crippen MR) is 109 cm³/mol. The average Bonchev–Trinajstić information content (AvgIpc) is 3.00. The van der Waals surface area contributed by atoms with Gasteiger partial charge in [-0.3, -0.25) is 9.59 Å². The van der Waals surface area contributed by atoms with Crippen LogP contribution in [0.4, 0.5) is 20.2 Å². The zero-order valence-corrected chi connectivity index (χ0v) is 15.9. The normalized spacial score (nSPS) is 13.8. The van der Waals surface area contributed by atoms with Crippen LogP contribution < -0.4 is 15.0 Å². The first-order valence-electron chi connectivity index (χ1n) is 9.05. The number of anilines is 2. The number of ether oxygens (including phenoxy) is 1. The van der Waals surface area contributed by atoms with Crippen LogP contribution in [-0.4, -0.2) is 18.9 Å². The molecule has 0 unspecified atom stereocenters. The molecule has 3 aromatic rings. The van der Waals surface area contributed by atoms with Crippen LogP contribution in [0.2, 0.25) is 0 Å². The van der Waals surface area contributed by atoms with Gasteiger partial charge in [0.25, 0.3) is 11.8 Å². The van der Waals surface area contributed by atoms with Crippen LogP contribution in [0.25, 0.3) is 5.57 Å². The van der Waals surface area contributed by atoms with Gasteiger partial charge in [0.05, 0.1) is 24.1 Å². The molecular formula is C23H16F2N2O3. The van der Waals surface area contributed by atoms with Crippen molar-refractivity contribution in [2.75, 3.05) is 17.3 Å².